The van der Waals surface area contributed by atoms with E-state index in [1.807, 2.05) is 12.1 Å². The van der Waals surface area contributed by atoms with Crippen molar-refractivity contribution in [3.05, 3.63) is 35.6 Å². The van der Waals surface area contributed by atoms with E-state index in [9.17, 15) is 0 Å². The summed E-state index contributed by atoms with van der Waals surface area (Å²) < 4.78 is 5.52. The molecule has 1 aromatic heterocycles. The predicted molar refractivity (Wildman–Crippen MR) is 83.6 cm³/mol. The number of rotatable bonds is 1. The monoisotopic (exact) mass is 297 g/mol. The number of aliphatic imine (C=N–C) groups is 1. The van der Waals surface area contributed by atoms with Gasteiger partial charge in [-0.1, -0.05) is 0 Å². The molecule has 22 heavy (non-hydrogen) atoms. The van der Waals surface area contributed by atoms with E-state index in [4.69, 9.17) is 14.2 Å². The standard InChI is InChI=1S/C17H19N3O2/c1-11-9-21-15-3-2-12(8-14(11)15)16-18-17(22-19-16)10-20-6-4-13(17)5-7-20/h2-3,8-9,13H,4-7,10H2,1H3,(H,18,19). The van der Waals surface area contributed by atoms with Gasteiger partial charge >= 0.3 is 0 Å². The van der Waals surface area contributed by atoms with Gasteiger partial charge in [0.2, 0.25) is 5.72 Å². The van der Waals surface area contributed by atoms with E-state index < -0.39 is 0 Å². The fourth-order valence-electron chi connectivity index (χ4n) is 4.03. The van der Waals surface area contributed by atoms with Gasteiger partial charge in [0.15, 0.2) is 5.84 Å². The highest BCUT2D eigenvalue weighted by Gasteiger charge is 2.51. The first-order valence-corrected chi connectivity index (χ1v) is 7.98. The van der Waals surface area contributed by atoms with Crippen molar-refractivity contribution in [3.8, 4) is 0 Å². The second kappa shape index (κ2) is 4.33. The van der Waals surface area contributed by atoms with Gasteiger partial charge in [0.1, 0.15) is 5.58 Å². The van der Waals surface area contributed by atoms with E-state index >= 15 is 0 Å². The van der Waals surface area contributed by atoms with Gasteiger partial charge in [-0.2, -0.15) is 0 Å². The Morgan fingerprint density at radius 2 is 2.18 bits per heavy atom. The molecule has 1 spiro atoms. The molecule has 0 radical (unpaired) electrons. The molecule has 6 rings (SSSR count). The third kappa shape index (κ3) is 1.69. The minimum atomic E-state index is -0.383. The van der Waals surface area contributed by atoms with Crippen molar-refractivity contribution in [3.63, 3.8) is 0 Å². The van der Waals surface area contributed by atoms with E-state index in [1.54, 1.807) is 6.26 Å². The number of nitrogens with one attached hydrogen (secondary N) is 1. The summed E-state index contributed by atoms with van der Waals surface area (Å²) in [7, 11) is 0. The van der Waals surface area contributed by atoms with Crippen molar-refractivity contribution in [2.45, 2.75) is 25.5 Å². The number of hydrogen-bond donors (Lipinski definition) is 1. The lowest BCUT2D eigenvalue weighted by molar-refractivity contribution is -0.155. The van der Waals surface area contributed by atoms with Gasteiger partial charge in [0, 0.05) is 16.9 Å². The lowest BCUT2D eigenvalue weighted by atomic mass is 9.81. The van der Waals surface area contributed by atoms with Crippen molar-refractivity contribution < 1.29 is 9.25 Å². The normalized spacial score (nSPS) is 33.4. The first-order valence-electron chi connectivity index (χ1n) is 7.98. The van der Waals surface area contributed by atoms with Crippen LogP contribution in [-0.4, -0.2) is 36.1 Å². The Labute approximate surface area is 128 Å². The number of fused-ring (bicyclic) bond motifs is 3. The molecule has 1 unspecified atom stereocenters. The van der Waals surface area contributed by atoms with E-state index in [1.165, 1.54) is 25.9 Å². The second-order valence-electron chi connectivity index (χ2n) is 6.69. The Bertz CT molecular complexity index is 773. The Morgan fingerprint density at radius 3 is 2.95 bits per heavy atom. The molecule has 0 aliphatic carbocycles. The van der Waals surface area contributed by atoms with E-state index in [-0.39, 0.29) is 5.72 Å². The van der Waals surface area contributed by atoms with Crippen LogP contribution in [0.1, 0.15) is 24.0 Å². The molecule has 0 amide bonds. The van der Waals surface area contributed by atoms with Crippen LogP contribution in [0.15, 0.2) is 33.9 Å². The molecule has 5 heterocycles. The van der Waals surface area contributed by atoms with Gasteiger partial charge in [-0.25, -0.2) is 15.3 Å². The lowest BCUT2D eigenvalue weighted by Gasteiger charge is -2.47. The van der Waals surface area contributed by atoms with Crippen LogP contribution in [0.5, 0.6) is 0 Å². The summed E-state index contributed by atoms with van der Waals surface area (Å²) in [5.74, 6) is 1.37. The van der Waals surface area contributed by atoms with Crippen LogP contribution in [0.3, 0.4) is 0 Å². The highest BCUT2D eigenvalue weighted by atomic mass is 16.7. The molecule has 3 fully saturated rings. The topological polar surface area (TPSA) is 50.0 Å². The first kappa shape index (κ1) is 12.7. The molecule has 1 atom stereocenters. The number of nitrogens with zero attached hydrogens (tertiary/aromatic N) is 2. The summed E-state index contributed by atoms with van der Waals surface area (Å²) in [6.07, 6.45) is 4.15. The molecule has 114 valence electrons. The van der Waals surface area contributed by atoms with Gasteiger partial charge in [0.25, 0.3) is 0 Å². The molecular weight excluding hydrogens is 278 g/mol. The highest BCUT2D eigenvalue weighted by Crippen LogP contribution is 2.41. The molecule has 1 aromatic carbocycles. The van der Waals surface area contributed by atoms with Crippen LogP contribution in [0.25, 0.3) is 11.0 Å². The fraction of sp³-hybridized carbons (Fsp3) is 0.471. The van der Waals surface area contributed by atoms with Crippen molar-refractivity contribution >= 4 is 16.8 Å². The highest BCUT2D eigenvalue weighted by molar-refractivity contribution is 6.02. The zero-order chi connectivity index (χ0) is 14.7. The zero-order valence-electron chi connectivity index (χ0n) is 12.6. The quantitative estimate of drug-likeness (QED) is 0.878. The van der Waals surface area contributed by atoms with Crippen molar-refractivity contribution in [2.24, 2.45) is 10.9 Å². The summed E-state index contributed by atoms with van der Waals surface area (Å²) >= 11 is 0. The summed E-state index contributed by atoms with van der Waals surface area (Å²) in [5, 5.41) is 1.14. The number of aryl methyl sites for hydroxylation is 1. The molecule has 4 aliphatic heterocycles. The Kier molecular flexibility index (Phi) is 2.50. The summed E-state index contributed by atoms with van der Waals surface area (Å²) in [5.41, 5.74) is 5.83. The Balaban J connectivity index is 1.54. The van der Waals surface area contributed by atoms with Gasteiger partial charge in [-0.3, -0.25) is 4.90 Å². The third-order valence-corrected chi connectivity index (χ3v) is 5.34. The number of benzene rings is 1. The lowest BCUT2D eigenvalue weighted by Crippen LogP contribution is -2.58. The molecule has 4 aliphatic rings. The zero-order valence-corrected chi connectivity index (χ0v) is 12.6. The van der Waals surface area contributed by atoms with Gasteiger partial charge in [0.05, 0.1) is 12.8 Å². The summed E-state index contributed by atoms with van der Waals surface area (Å²) in [6.45, 7) is 5.33. The molecule has 5 nitrogen and oxygen atoms in total. The van der Waals surface area contributed by atoms with Crippen LogP contribution in [0, 0.1) is 12.8 Å². The molecule has 2 bridgehead atoms. The number of hydrogen-bond acceptors (Lipinski definition) is 5. The maximum absolute atomic E-state index is 5.99. The molecular formula is C17H19N3O2. The largest absolute Gasteiger partial charge is 0.464 e. The van der Waals surface area contributed by atoms with Crippen molar-refractivity contribution in [1.29, 1.82) is 0 Å². The van der Waals surface area contributed by atoms with Crippen molar-refractivity contribution in [2.75, 3.05) is 19.6 Å². The van der Waals surface area contributed by atoms with Crippen LogP contribution < -0.4 is 5.48 Å². The maximum atomic E-state index is 5.99. The average molecular weight is 297 g/mol. The first-order chi connectivity index (χ1) is 10.7. The van der Waals surface area contributed by atoms with E-state index in [0.717, 1.165) is 34.5 Å². The predicted octanol–water partition coefficient (Wildman–Crippen LogP) is 2.44. The molecule has 3 saturated heterocycles. The minimum Gasteiger partial charge on any atom is -0.464 e. The smallest absolute Gasteiger partial charge is 0.202 e. The molecule has 5 heteroatoms. The minimum absolute atomic E-state index is 0.383. The molecule has 0 saturated carbocycles. The fourth-order valence-corrected chi connectivity index (χ4v) is 4.03. The van der Waals surface area contributed by atoms with E-state index in [0.29, 0.717) is 5.92 Å². The van der Waals surface area contributed by atoms with Crippen LogP contribution in [0.2, 0.25) is 0 Å². The van der Waals surface area contributed by atoms with Gasteiger partial charge in [-0.15, -0.1) is 0 Å². The Morgan fingerprint density at radius 1 is 1.32 bits per heavy atom. The summed E-state index contributed by atoms with van der Waals surface area (Å²) in [6, 6.07) is 6.17. The SMILES string of the molecule is Cc1coc2ccc(C3=NC4(CN5CCC4CC5)ON3)cc12. The number of furan rings is 1. The van der Waals surface area contributed by atoms with Gasteiger partial charge in [-0.05, 0) is 56.6 Å². The number of amidine groups is 1. The molecule has 2 aromatic rings. The van der Waals surface area contributed by atoms with Crippen LogP contribution in [-0.2, 0) is 4.84 Å². The summed E-state index contributed by atoms with van der Waals surface area (Å²) in [4.78, 5) is 13.4. The maximum Gasteiger partial charge on any atom is 0.202 e. The van der Waals surface area contributed by atoms with E-state index in [2.05, 4.69) is 23.4 Å². The van der Waals surface area contributed by atoms with Crippen LogP contribution >= 0.6 is 0 Å². The molecule has 1 N–H and O–H groups in total. The van der Waals surface area contributed by atoms with Crippen LogP contribution in [0.4, 0.5) is 0 Å². The number of piperidine rings is 3. The Hall–Kier alpha value is -1.85. The third-order valence-electron chi connectivity index (χ3n) is 5.34. The van der Waals surface area contributed by atoms with Crippen molar-refractivity contribution in [1.82, 2.24) is 10.4 Å². The number of hydroxylamine groups is 1. The average Bonchev–Trinajstić information content (AvgIpc) is 3.13. The van der Waals surface area contributed by atoms with Gasteiger partial charge < -0.3 is 4.42 Å². The second-order valence-corrected chi connectivity index (χ2v) is 6.69.